The van der Waals surface area contributed by atoms with Gasteiger partial charge in [-0.25, -0.2) is 4.98 Å². The number of carbonyl (C=O) groups excluding carboxylic acids is 1. The number of halogens is 3. The predicted octanol–water partition coefficient (Wildman–Crippen LogP) is 2.70. The SMILES string of the molecule is O=[C]c1ncc(-c2ccc(OC(F)(F)F)cc2)o1. The second-order valence-electron chi connectivity index (χ2n) is 3.20. The molecule has 0 aliphatic heterocycles. The molecular weight excluding hydrogens is 251 g/mol. The summed E-state index contributed by atoms with van der Waals surface area (Å²) in [5, 5.41) is 0. The molecular formula is C11H5F3NO3. The van der Waals surface area contributed by atoms with Gasteiger partial charge in [-0.3, -0.25) is 4.79 Å². The average Bonchev–Trinajstić information content (AvgIpc) is 2.76. The van der Waals surface area contributed by atoms with Gasteiger partial charge in [0, 0.05) is 5.56 Å². The van der Waals surface area contributed by atoms with Crippen LogP contribution in [0.5, 0.6) is 5.75 Å². The van der Waals surface area contributed by atoms with Gasteiger partial charge in [0.1, 0.15) is 5.75 Å². The molecule has 0 unspecified atom stereocenters. The minimum atomic E-state index is -4.73. The van der Waals surface area contributed by atoms with Crippen LogP contribution >= 0.6 is 0 Å². The fourth-order valence-electron chi connectivity index (χ4n) is 1.28. The average molecular weight is 256 g/mol. The Hall–Kier alpha value is -2.31. The van der Waals surface area contributed by atoms with E-state index in [0.29, 0.717) is 5.56 Å². The van der Waals surface area contributed by atoms with Gasteiger partial charge in [-0.05, 0) is 24.3 Å². The van der Waals surface area contributed by atoms with Gasteiger partial charge in [0.15, 0.2) is 5.76 Å². The molecule has 0 spiro atoms. The van der Waals surface area contributed by atoms with Crippen molar-refractivity contribution < 1.29 is 27.1 Å². The lowest BCUT2D eigenvalue weighted by Gasteiger charge is -2.08. The fourth-order valence-corrected chi connectivity index (χ4v) is 1.28. The Bertz CT molecular complexity index is 545. The summed E-state index contributed by atoms with van der Waals surface area (Å²) in [7, 11) is 0. The van der Waals surface area contributed by atoms with Crippen LogP contribution in [-0.2, 0) is 4.79 Å². The first kappa shape index (κ1) is 12.2. The number of hydrogen-bond donors (Lipinski definition) is 0. The molecule has 7 heteroatoms. The van der Waals surface area contributed by atoms with Crippen LogP contribution in [-0.4, -0.2) is 17.6 Å². The number of ether oxygens (including phenoxy) is 1. The van der Waals surface area contributed by atoms with E-state index in [9.17, 15) is 18.0 Å². The molecule has 2 aromatic rings. The van der Waals surface area contributed by atoms with Crippen molar-refractivity contribution in [3.8, 4) is 17.1 Å². The molecule has 0 aliphatic rings. The van der Waals surface area contributed by atoms with E-state index in [1.807, 2.05) is 0 Å². The van der Waals surface area contributed by atoms with Crippen LogP contribution in [0.4, 0.5) is 13.2 Å². The summed E-state index contributed by atoms with van der Waals surface area (Å²) in [4.78, 5) is 13.8. The van der Waals surface area contributed by atoms with Crippen LogP contribution < -0.4 is 4.74 Å². The number of aromatic nitrogens is 1. The monoisotopic (exact) mass is 256 g/mol. The minimum Gasteiger partial charge on any atom is -0.433 e. The first-order chi connectivity index (χ1) is 8.48. The molecule has 93 valence electrons. The van der Waals surface area contributed by atoms with E-state index in [0.717, 1.165) is 12.1 Å². The number of nitrogens with zero attached hydrogens (tertiary/aromatic N) is 1. The Morgan fingerprint density at radius 3 is 2.39 bits per heavy atom. The molecule has 1 radical (unpaired) electrons. The molecule has 0 N–H and O–H groups in total. The van der Waals surface area contributed by atoms with Crippen LogP contribution in [0.25, 0.3) is 11.3 Å². The van der Waals surface area contributed by atoms with Crippen molar-refractivity contribution in [2.24, 2.45) is 0 Å². The summed E-state index contributed by atoms with van der Waals surface area (Å²) in [6, 6.07) is 4.98. The smallest absolute Gasteiger partial charge is 0.433 e. The Labute approximate surface area is 99.0 Å². The molecule has 0 aliphatic carbocycles. The number of oxazole rings is 1. The van der Waals surface area contributed by atoms with Crippen molar-refractivity contribution in [2.75, 3.05) is 0 Å². The Kier molecular flexibility index (Phi) is 3.05. The fraction of sp³-hybridized carbons (Fsp3) is 0.0909. The summed E-state index contributed by atoms with van der Waals surface area (Å²) < 4.78 is 44.4. The van der Waals surface area contributed by atoms with Gasteiger partial charge in [0.05, 0.1) is 6.20 Å². The van der Waals surface area contributed by atoms with Crippen molar-refractivity contribution in [3.05, 3.63) is 36.4 Å². The molecule has 0 saturated carbocycles. The highest BCUT2D eigenvalue weighted by Gasteiger charge is 2.30. The van der Waals surface area contributed by atoms with Crippen molar-refractivity contribution in [1.29, 1.82) is 0 Å². The minimum absolute atomic E-state index is 0.222. The summed E-state index contributed by atoms with van der Waals surface area (Å²) in [5.41, 5.74) is 0.471. The Morgan fingerprint density at radius 1 is 1.22 bits per heavy atom. The molecule has 2 rings (SSSR count). The highest BCUT2D eigenvalue weighted by molar-refractivity contribution is 5.69. The van der Waals surface area contributed by atoms with Gasteiger partial charge < -0.3 is 9.15 Å². The third-order valence-corrected chi connectivity index (χ3v) is 1.97. The quantitative estimate of drug-likeness (QED) is 0.847. The first-order valence-corrected chi connectivity index (χ1v) is 4.68. The summed E-state index contributed by atoms with van der Waals surface area (Å²) >= 11 is 0. The molecule has 1 heterocycles. The zero-order chi connectivity index (χ0) is 13.2. The lowest BCUT2D eigenvalue weighted by Crippen LogP contribution is -2.16. The van der Waals surface area contributed by atoms with E-state index in [1.54, 1.807) is 0 Å². The van der Waals surface area contributed by atoms with Crippen molar-refractivity contribution in [3.63, 3.8) is 0 Å². The highest BCUT2D eigenvalue weighted by Crippen LogP contribution is 2.26. The lowest BCUT2D eigenvalue weighted by molar-refractivity contribution is -0.274. The summed E-state index contributed by atoms with van der Waals surface area (Å²) in [6.07, 6.45) is -1.99. The van der Waals surface area contributed by atoms with E-state index < -0.39 is 6.36 Å². The van der Waals surface area contributed by atoms with E-state index in [4.69, 9.17) is 4.42 Å². The van der Waals surface area contributed by atoms with Gasteiger partial charge in [-0.15, -0.1) is 13.2 Å². The molecule has 0 amide bonds. The van der Waals surface area contributed by atoms with E-state index in [2.05, 4.69) is 9.72 Å². The zero-order valence-corrected chi connectivity index (χ0v) is 8.69. The van der Waals surface area contributed by atoms with Crippen molar-refractivity contribution in [1.82, 2.24) is 4.98 Å². The largest absolute Gasteiger partial charge is 0.573 e. The van der Waals surface area contributed by atoms with Crippen LogP contribution in [0.3, 0.4) is 0 Å². The van der Waals surface area contributed by atoms with Gasteiger partial charge in [-0.1, -0.05) is 0 Å². The summed E-state index contributed by atoms with van der Waals surface area (Å²) in [5.74, 6) is -0.305. The summed E-state index contributed by atoms with van der Waals surface area (Å²) in [6.45, 7) is 0. The molecule has 0 fully saturated rings. The number of rotatable bonds is 3. The number of hydrogen-bond acceptors (Lipinski definition) is 4. The molecule has 18 heavy (non-hydrogen) atoms. The van der Waals surface area contributed by atoms with Gasteiger partial charge in [0.2, 0.25) is 0 Å². The van der Waals surface area contributed by atoms with E-state index in [1.165, 1.54) is 24.6 Å². The topological polar surface area (TPSA) is 52.3 Å². The molecule has 4 nitrogen and oxygen atoms in total. The van der Waals surface area contributed by atoms with Crippen LogP contribution in [0.2, 0.25) is 0 Å². The molecule has 0 bridgehead atoms. The first-order valence-electron chi connectivity index (χ1n) is 4.68. The van der Waals surface area contributed by atoms with Crippen LogP contribution in [0.1, 0.15) is 5.89 Å². The predicted molar refractivity (Wildman–Crippen MR) is 53.4 cm³/mol. The second kappa shape index (κ2) is 4.52. The molecule has 1 aromatic heterocycles. The maximum absolute atomic E-state index is 11.9. The zero-order valence-electron chi connectivity index (χ0n) is 8.69. The maximum Gasteiger partial charge on any atom is 0.573 e. The highest BCUT2D eigenvalue weighted by atomic mass is 19.4. The van der Waals surface area contributed by atoms with Crippen molar-refractivity contribution >= 4 is 6.29 Å². The second-order valence-corrected chi connectivity index (χ2v) is 3.20. The Balaban J connectivity index is 2.19. The normalized spacial score (nSPS) is 11.3. The molecule has 1 aromatic carbocycles. The standard InChI is InChI=1S/C11H5F3NO3/c12-11(13,14)18-8-3-1-7(2-4-8)9-5-15-10(6-16)17-9/h1-5H. The van der Waals surface area contributed by atoms with Crippen molar-refractivity contribution in [2.45, 2.75) is 6.36 Å². The van der Waals surface area contributed by atoms with E-state index >= 15 is 0 Å². The number of alkyl halides is 3. The third kappa shape index (κ3) is 2.88. The van der Waals surface area contributed by atoms with E-state index in [-0.39, 0.29) is 17.4 Å². The maximum atomic E-state index is 11.9. The molecule has 0 saturated heterocycles. The van der Waals surface area contributed by atoms with Gasteiger partial charge in [-0.2, -0.15) is 0 Å². The van der Waals surface area contributed by atoms with Gasteiger partial charge in [0.25, 0.3) is 12.2 Å². The molecule has 0 atom stereocenters. The van der Waals surface area contributed by atoms with Crippen LogP contribution in [0.15, 0.2) is 34.9 Å². The lowest BCUT2D eigenvalue weighted by atomic mass is 10.2. The van der Waals surface area contributed by atoms with Crippen LogP contribution in [0, 0.1) is 0 Å². The third-order valence-electron chi connectivity index (χ3n) is 1.97. The van der Waals surface area contributed by atoms with Gasteiger partial charge >= 0.3 is 6.36 Å². The Morgan fingerprint density at radius 2 is 1.89 bits per heavy atom. The number of benzene rings is 1.